The van der Waals surface area contributed by atoms with Crippen LogP contribution in [0.1, 0.15) is 36.2 Å². The molecule has 1 aromatic heterocycles. The Morgan fingerprint density at radius 3 is 2.71 bits per heavy atom. The molecular formula is C15H20N2. The molecule has 0 saturated carbocycles. The summed E-state index contributed by atoms with van der Waals surface area (Å²) in [5.74, 6) is 0. The van der Waals surface area contributed by atoms with Gasteiger partial charge >= 0.3 is 0 Å². The third-order valence-electron chi connectivity index (χ3n) is 4.18. The van der Waals surface area contributed by atoms with Crippen LogP contribution in [-0.4, -0.2) is 11.5 Å². The van der Waals surface area contributed by atoms with Crippen molar-refractivity contribution in [3.8, 4) is 0 Å². The second kappa shape index (κ2) is 3.36. The first-order valence-corrected chi connectivity index (χ1v) is 6.37. The lowest BCUT2D eigenvalue weighted by Gasteiger charge is -2.31. The molecule has 2 heteroatoms. The molecule has 17 heavy (non-hydrogen) atoms. The van der Waals surface area contributed by atoms with Crippen LogP contribution >= 0.6 is 0 Å². The zero-order chi connectivity index (χ0) is 12.2. The van der Waals surface area contributed by atoms with Crippen LogP contribution in [0.4, 0.5) is 0 Å². The molecule has 0 amide bonds. The van der Waals surface area contributed by atoms with Gasteiger partial charge in [0.2, 0.25) is 0 Å². The number of hydrogen-bond donors (Lipinski definition) is 2. The minimum absolute atomic E-state index is 0.0624. The number of aryl methyl sites for hydroxylation is 2. The summed E-state index contributed by atoms with van der Waals surface area (Å²) in [4.78, 5) is 3.65. The molecule has 0 saturated heterocycles. The zero-order valence-corrected chi connectivity index (χ0v) is 11.1. The monoisotopic (exact) mass is 228 g/mol. The number of aromatic nitrogens is 1. The summed E-state index contributed by atoms with van der Waals surface area (Å²) in [7, 11) is 0. The van der Waals surface area contributed by atoms with E-state index in [-0.39, 0.29) is 5.54 Å². The Hall–Kier alpha value is -1.28. The lowest BCUT2D eigenvalue weighted by Crippen LogP contribution is -2.42. The molecule has 90 valence electrons. The van der Waals surface area contributed by atoms with Crippen molar-refractivity contribution in [1.82, 2.24) is 10.3 Å². The van der Waals surface area contributed by atoms with Gasteiger partial charge in [0.05, 0.1) is 5.54 Å². The standard InChI is InChI=1S/C15H20N2/c1-9-5-6-11-12-7-8-16-15(3,4)14(12)17-13(11)10(9)2/h5-6,16-17H,7-8H2,1-4H3. The molecule has 2 aromatic rings. The van der Waals surface area contributed by atoms with Crippen molar-refractivity contribution in [3.63, 3.8) is 0 Å². The fourth-order valence-electron chi connectivity index (χ4n) is 2.95. The number of fused-ring (bicyclic) bond motifs is 3. The van der Waals surface area contributed by atoms with E-state index in [0.29, 0.717) is 0 Å². The first kappa shape index (κ1) is 10.8. The number of H-pyrrole nitrogens is 1. The summed E-state index contributed by atoms with van der Waals surface area (Å²) in [5, 5.41) is 4.99. The van der Waals surface area contributed by atoms with E-state index < -0.39 is 0 Å². The lowest BCUT2D eigenvalue weighted by molar-refractivity contribution is 0.374. The van der Waals surface area contributed by atoms with Gasteiger partial charge in [-0.25, -0.2) is 0 Å². The number of hydrogen-bond acceptors (Lipinski definition) is 1. The van der Waals surface area contributed by atoms with Crippen LogP contribution in [0, 0.1) is 13.8 Å². The normalized spacial score (nSPS) is 18.4. The minimum atomic E-state index is 0.0624. The fraction of sp³-hybridized carbons (Fsp3) is 0.467. The lowest BCUT2D eigenvalue weighted by atomic mass is 9.90. The van der Waals surface area contributed by atoms with Crippen LogP contribution in [0.25, 0.3) is 10.9 Å². The summed E-state index contributed by atoms with van der Waals surface area (Å²) >= 11 is 0. The summed E-state index contributed by atoms with van der Waals surface area (Å²) in [6, 6.07) is 4.51. The largest absolute Gasteiger partial charge is 0.356 e. The van der Waals surface area contributed by atoms with Gasteiger partial charge in [-0.05, 0) is 50.8 Å². The van der Waals surface area contributed by atoms with E-state index in [2.05, 4.69) is 50.1 Å². The highest BCUT2D eigenvalue weighted by molar-refractivity contribution is 5.88. The van der Waals surface area contributed by atoms with Gasteiger partial charge in [0.1, 0.15) is 0 Å². The number of aromatic amines is 1. The highest BCUT2D eigenvalue weighted by Crippen LogP contribution is 2.34. The Bertz CT molecular complexity index is 590. The molecule has 0 aliphatic carbocycles. The van der Waals surface area contributed by atoms with E-state index >= 15 is 0 Å². The molecule has 1 aliphatic heterocycles. The molecule has 0 spiro atoms. The number of rotatable bonds is 0. The van der Waals surface area contributed by atoms with Crippen molar-refractivity contribution < 1.29 is 0 Å². The van der Waals surface area contributed by atoms with Crippen LogP contribution in [0.3, 0.4) is 0 Å². The van der Waals surface area contributed by atoms with Crippen LogP contribution in [0.5, 0.6) is 0 Å². The summed E-state index contributed by atoms with van der Waals surface area (Å²) in [6.07, 6.45) is 1.13. The van der Waals surface area contributed by atoms with Crippen LogP contribution < -0.4 is 5.32 Å². The molecule has 1 aromatic carbocycles. The predicted molar refractivity (Wildman–Crippen MR) is 72.5 cm³/mol. The van der Waals surface area contributed by atoms with Crippen molar-refractivity contribution in [2.24, 2.45) is 0 Å². The Kier molecular flexibility index (Phi) is 2.14. The van der Waals surface area contributed by atoms with E-state index in [0.717, 1.165) is 13.0 Å². The number of benzene rings is 1. The van der Waals surface area contributed by atoms with Gasteiger partial charge in [0.25, 0.3) is 0 Å². The van der Waals surface area contributed by atoms with Gasteiger partial charge in [-0.1, -0.05) is 12.1 Å². The molecule has 0 atom stereocenters. The topological polar surface area (TPSA) is 27.8 Å². The van der Waals surface area contributed by atoms with E-state index in [9.17, 15) is 0 Å². The third-order valence-corrected chi connectivity index (χ3v) is 4.18. The third kappa shape index (κ3) is 1.44. The molecule has 1 aliphatic rings. The summed E-state index contributed by atoms with van der Waals surface area (Å²) in [5.41, 5.74) is 7.01. The Morgan fingerprint density at radius 2 is 1.94 bits per heavy atom. The quantitative estimate of drug-likeness (QED) is 0.712. The van der Waals surface area contributed by atoms with Crippen molar-refractivity contribution >= 4 is 10.9 Å². The van der Waals surface area contributed by atoms with Gasteiger partial charge in [0.15, 0.2) is 0 Å². The highest BCUT2D eigenvalue weighted by atomic mass is 15.0. The van der Waals surface area contributed by atoms with Crippen molar-refractivity contribution in [2.75, 3.05) is 6.54 Å². The molecule has 2 nitrogen and oxygen atoms in total. The van der Waals surface area contributed by atoms with Crippen LogP contribution in [0.15, 0.2) is 12.1 Å². The first-order chi connectivity index (χ1) is 8.00. The number of nitrogens with one attached hydrogen (secondary N) is 2. The van der Waals surface area contributed by atoms with E-state index in [1.54, 1.807) is 0 Å². The Morgan fingerprint density at radius 1 is 1.18 bits per heavy atom. The van der Waals surface area contributed by atoms with Gasteiger partial charge in [0, 0.05) is 23.1 Å². The van der Waals surface area contributed by atoms with E-state index in [1.807, 2.05) is 0 Å². The second-order valence-electron chi connectivity index (χ2n) is 5.71. The van der Waals surface area contributed by atoms with Gasteiger partial charge in [-0.3, -0.25) is 0 Å². The molecule has 0 radical (unpaired) electrons. The maximum Gasteiger partial charge on any atom is 0.0532 e. The van der Waals surface area contributed by atoms with Crippen molar-refractivity contribution in [2.45, 2.75) is 39.7 Å². The van der Waals surface area contributed by atoms with E-state index in [1.165, 1.54) is 33.3 Å². The molecule has 0 unspecified atom stereocenters. The average molecular weight is 228 g/mol. The fourth-order valence-corrected chi connectivity index (χ4v) is 2.95. The molecule has 2 heterocycles. The van der Waals surface area contributed by atoms with Gasteiger partial charge in [-0.2, -0.15) is 0 Å². The predicted octanol–water partition coefficient (Wildman–Crippen LogP) is 3.17. The molecule has 0 fully saturated rings. The van der Waals surface area contributed by atoms with Crippen LogP contribution in [-0.2, 0) is 12.0 Å². The molecule has 2 N–H and O–H groups in total. The second-order valence-corrected chi connectivity index (χ2v) is 5.71. The highest BCUT2D eigenvalue weighted by Gasteiger charge is 2.30. The SMILES string of the molecule is Cc1ccc2c3c([nH]c2c1C)C(C)(C)NCC3. The van der Waals surface area contributed by atoms with E-state index in [4.69, 9.17) is 0 Å². The van der Waals surface area contributed by atoms with Crippen molar-refractivity contribution in [1.29, 1.82) is 0 Å². The van der Waals surface area contributed by atoms with Crippen molar-refractivity contribution in [3.05, 3.63) is 34.5 Å². The smallest absolute Gasteiger partial charge is 0.0532 e. The first-order valence-electron chi connectivity index (χ1n) is 6.37. The minimum Gasteiger partial charge on any atom is -0.356 e. The summed E-state index contributed by atoms with van der Waals surface area (Å²) < 4.78 is 0. The zero-order valence-electron chi connectivity index (χ0n) is 11.1. The van der Waals surface area contributed by atoms with Crippen LogP contribution in [0.2, 0.25) is 0 Å². The Labute approximate surface area is 102 Å². The Balaban J connectivity index is 2.37. The average Bonchev–Trinajstić information content (AvgIpc) is 2.64. The molecular weight excluding hydrogens is 208 g/mol. The molecule has 3 rings (SSSR count). The summed E-state index contributed by atoms with van der Waals surface area (Å²) in [6.45, 7) is 9.96. The van der Waals surface area contributed by atoms with Gasteiger partial charge < -0.3 is 10.3 Å². The molecule has 0 bridgehead atoms. The van der Waals surface area contributed by atoms with Gasteiger partial charge in [-0.15, -0.1) is 0 Å². The maximum absolute atomic E-state index is 3.65. The maximum atomic E-state index is 3.65.